The number of nitrogens with zero attached hydrogens (tertiary/aromatic N) is 2. The lowest BCUT2D eigenvalue weighted by atomic mass is 10.1. The molecule has 6 heteroatoms. The van der Waals surface area contributed by atoms with Crippen LogP contribution < -0.4 is 4.90 Å². The molecule has 0 bridgehead atoms. The Morgan fingerprint density at radius 1 is 1.26 bits per heavy atom. The van der Waals surface area contributed by atoms with E-state index in [1.54, 1.807) is 21.9 Å². The highest BCUT2D eigenvalue weighted by Gasteiger charge is 2.24. The van der Waals surface area contributed by atoms with Crippen LogP contribution in [0.1, 0.15) is 23.2 Å². The largest absolute Gasteiger partial charge is 0.396 e. The third-order valence-electron chi connectivity index (χ3n) is 4.38. The van der Waals surface area contributed by atoms with Gasteiger partial charge in [0.05, 0.1) is 13.2 Å². The fraction of sp³-hybridized carbons (Fsp3) is 0.529. The van der Waals surface area contributed by atoms with Crippen molar-refractivity contribution >= 4 is 17.5 Å². The van der Waals surface area contributed by atoms with Crippen LogP contribution in [0.15, 0.2) is 24.3 Å². The molecule has 2 saturated heterocycles. The summed E-state index contributed by atoms with van der Waals surface area (Å²) in [5, 5.41) is 9.31. The van der Waals surface area contributed by atoms with Crippen molar-refractivity contribution in [1.82, 2.24) is 4.90 Å². The molecule has 124 valence electrons. The molecule has 1 atom stereocenters. The van der Waals surface area contributed by atoms with Gasteiger partial charge in [-0.15, -0.1) is 0 Å². The average molecular weight is 318 g/mol. The van der Waals surface area contributed by atoms with Crippen LogP contribution in [0.5, 0.6) is 0 Å². The number of hydrogen-bond donors (Lipinski definition) is 1. The van der Waals surface area contributed by atoms with Crippen LogP contribution in [-0.4, -0.2) is 61.3 Å². The number of benzene rings is 1. The second-order valence-corrected chi connectivity index (χ2v) is 6.07. The minimum atomic E-state index is -0.0618. The van der Waals surface area contributed by atoms with Crippen LogP contribution in [0.2, 0.25) is 0 Å². The average Bonchev–Trinajstić information content (AvgIpc) is 2.86. The minimum absolute atomic E-state index is 0.0137. The smallest absolute Gasteiger partial charge is 0.253 e. The fourth-order valence-corrected chi connectivity index (χ4v) is 3.06. The van der Waals surface area contributed by atoms with Gasteiger partial charge in [0.15, 0.2) is 0 Å². The summed E-state index contributed by atoms with van der Waals surface area (Å²) in [6.07, 6.45) is 1.48. The first-order valence-electron chi connectivity index (χ1n) is 8.07. The third kappa shape index (κ3) is 3.54. The van der Waals surface area contributed by atoms with E-state index in [2.05, 4.69) is 0 Å². The molecule has 1 aromatic rings. The Kier molecular flexibility index (Phi) is 4.93. The highest BCUT2D eigenvalue weighted by atomic mass is 16.5. The van der Waals surface area contributed by atoms with E-state index in [4.69, 9.17) is 4.74 Å². The van der Waals surface area contributed by atoms with Crippen molar-refractivity contribution in [3.05, 3.63) is 29.8 Å². The SMILES string of the molecule is O=C(c1ccc(N2CCCC2=O)cc1)N1CCOC[C@H](CO)C1. The van der Waals surface area contributed by atoms with Crippen LogP contribution in [0.3, 0.4) is 0 Å². The van der Waals surface area contributed by atoms with Crippen molar-refractivity contribution in [1.29, 1.82) is 0 Å². The molecule has 2 amide bonds. The van der Waals surface area contributed by atoms with Gasteiger partial charge in [-0.25, -0.2) is 0 Å². The molecule has 1 N–H and O–H groups in total. The molecule has 0 aliphatic carbocycles. The summed E-state index contributed by atoms with van der Waals surface area (Å²) in [6.45, 7) is 2.76. The molecule has 2 heterocycles. The van der Waals surface area contributed by atoms with E-state index < -0.39 is 0 Å². The first-order chi connectivity index (χ1) is 11.2. The molecular weight excluding hydrogens is 296 g/mol. The second-order valence-electron chi connectivity index (χ2n) is 6.07. The lowest BCUT2D eigenvalue weighted by Gasteiger charge is -2.23. The summed E-state index contributed by atoms with van der Waals surface area (Å²) in [5.74, 6) is 0.0377. The van der Waals surface area contributed by atoms with Gasteiger partial charge in [0.2, 0.25) is 5.91 Å². The van der Waals surface area contributed by atoms with Gasteiger partial charge in [-0.1, -0.05) is 0 Å². The molecule has 0 saturated carbocycles. The Bertz CT molecular complexity index is 572. The summed E-state index contributed by atoms with van der Waals surface area (Å²) in [4.78, 5) is 27.9. The van der Waals surface area contributed by atoms with E-state index >= 15 is 0 Å². The van der Waals surface area contributed by atoms with E-state index in [0.29, 0.717) is 38.3 Å². The number of hydrogen-bond acceptors (Lipinski definition) is 4. The number of carbonyl (C=O) groups is 2. The number of rotatable bonds is 3. The van der Waals surface area contributed by atoms with Crippen molar-refractivity contribution in [2.24, 2.45) is 5.92 Å². The van der Waals surface area contributed by atoms with Crippen molar-refractivity contribution in [3.63, 3.8) is 0 Å². The molecule has 3 rings (SSSR count). The summed E-state index contributed by atoms with van der Waals surface area (Å²) in [5.41, 5.74) is 1.44. The molecular formula is C17H22N2O4. The fourth-order valence-electron chi connectivity index (χ4n) is 3.06. The number of anilines is 1. The lowest BCUT2D eigenvalue weighted by molar-refractivity contribution is -0.117. The van der Waals surface area contributed by atoms with Crippen molar-refractivity contribution in [3.8, 4) is 0 Å². The van der Waals surface area contributed by atoms with Crippen molar-refractivity contribution < 1.29 is 19.4 Å². The van der Waals surface area contributed by atoms with Gasteiger partial charge in [-0.05, 0) is 30.7 Å². The number of aliphatic hydroxyl groups is 1. The molecule has 0 spiro atoms. The monoisotopic (exact) mass is 318 g/mol. The Labute approximate surface area is 135 Å². The van der Waals surface area contributed by atoms with Crippen LogP contribution in [-0.2, 0) is 9.53 Å². The highest BCUT2D eigenvalue weighted by Crippen LogP contribution is 2.22. The molecule has 2 aliphatic heterocycles. The summed E-state index contributed by atoms with van der Waals surface area (Å²) in [6, 6.07) is 7.19. The third-order valence-corrected chi connectivity index (χ3v) is 4.38. The molecule has 0 radical (unpaired) electrons. The quantitative estimate of drug-likeness (QED) is 0.899. The summed E-state index contributed by atoms with van der Waals surface area (Å²) in [7, 11) is 0. The predicted molar refractivity (Wildman–Crippen MR) is 85.3 cm³/mol. The Morgan fingerprint density at radius 3 is 2.70 bits per heavy atom. The van der Waals surface area contributed by atoms with Gasteiger partial charge in [0.25, 0.3) is 5.91 Å². The van der Waals surface area contributed by atoms with Crippen LogP contribution in [0.4, 0.5) is 5.69 Å². The number of carbonyl (C=O) groups excluding carboxylic acids is 2. The normalized spacial score (nSPS) is 22.3. The van der Waals surface area contributed by atoms with Gasteiger partial charge in [-0.3, -0.25) is 9.59 Å². The lowest BCUT2D eigenvalue weighted by Crippen LogP contribution is -2.36. The number of ether oxygens (including phenoxy) is 1. The van der Waals surface area contributed by atoms with E-state index in [1.807, 2.05) is 12.1 Å². The van der Waals surface area contributed by atoms with Crippen LogP contribution in [0, 0.1) is 5.92 Å². The first kappa shape index (κ1) is 16.0. The van der Waals surface area contributed by atoms with Gasteiger partial charge in [0, 0.05) is 49.8 Å². The van der Waals surface area contributed by atoms with Gasteiger partial charge >= 0.3 is 0 Å². The van der Waals surface area contributed by atoms with Crippen molar-refractivity contribution in [2.75, 3.05) is 44.4 Å². The highest BCUT2D eigenvalue weighted by molar-refractivity contribution is 5.97. The Balaban J connectivity index is 1.70. The van der Waals surface area contributed by atoms with Gasteiger partial charge in [-0.2, -0.15) is 0 Å². The molecule has 6 nitrogen and oxygen atoms in total. The molecule has 0 aromatic heterocycles. The Morgan fingerprint density at radius 2 is 2.04 bits per heavy atom. The topological polar surface area (TPSA) is 70.1 Å². The van der Waals surface area contributed by atoms with Crippen LogP contribution in [0.25, 0.3) is 0 Å². The van der Waals surface area contributed by atoms with Crippen molar-refractivity contribution in [2.45, 2.75) is 12.8 Å². The summed E-state index contributed by atoms with van der Waals surface area (Å²) >= 11 is 0. The maximum atomic E-state index is 12.6. The van der Waals surface area contributed by atoms with E-state index in [0.717, 1.165) is 18.7 Å². The zero-order valence-corrected chi connectivity index (χ0v) is 13.1. The maximum Gasteiger partial charge on any atom is 0.253 e. The zero-order valence-electron chi connectivity index (χ0n) is 13.1. The second kappa shape index (κ2) is 7.10. The number of amides is 2. The predicted octanol–water partition coefficient (Wildman–Crippen LogP) is 0.894. The van der Waals surface area contributed by atoms with Crippen LogP contribution >= 0.6 is 0 Å². The Hall–Kier alpha value is -1.92. The standard InChI is InChI=1S/C17H22N2O4/c20-11-13-10-18(8-9-23-12-13)17(22)14-3-5-15(6-4-14)19-7-1-2-16(19)21/h3-6,13,20H,1-2,7-12H2/t13-/m0/s1. The summed E-state index contributed by atoms with van der Waals surface area (Å²) < 4.78 is 5.41. The van der Waals surface area contributed by atoms with E-state index in [9.17, 15) is 14.7 Å². The van der Waals surface area contributed by atoms with Gasteiger partial charge in [0.1, 0.15) is 0 Å². The molecule has 2 fully saturated rings. The molecule has 1 aromatic carbocycles. The molecule has 2 aliphatic rings. The number of aliphatic hydroxyl groups excluding tert-OH is 1. The minimum Gasteiger partial charge on any atom is -0.396 e. The van der Waals surface area contributed by atoms with E-state index in [-0.39, 0.29) is 24.3 Å². The zero-order chi connectivity index (χ0) is 16.2. The van der Waals surface area contributed by atoms with E-state index in [1.165, 1.54) is 0 Å². The molecule has 23 heavy (non-hydrogen) atoms. The molecule has 0 unspecified atom stereocenters. The first-order valence-corrected chi connectivity index (χ1v) is 8.07. The van der Waals surface area contributed by atoms with Gasteiger partial charge < -0.3 is 19.6 Å². The maximum absolute atomic E-state index is 12.6.